The fourth-order valence-corrected chi connectivity index (χ4v) is 1.81. The van der Waals surface area contributed by atoms with Gasteiger partial charge in [-0.3, -0.25) is 4.79 Å². The number of carboxylic acids is 1. The highest BCUT2D eigenvalue weighted by atomic mass is 16.4. The van der Waals surface area contributed by atoms with E-state index in [1.54, 1.807) is 0 Å². The standard InChI is InChI=1S/C9H17NO2/c1-7-4-5-10(3)6-9(7,2)8(11)12/h7H,4-6H2,1-3H3,(H,11,12). The molecule has 2 unspecified atom stereocenters. The van der Waals surface area contributed by atoms with Crippen molar-refractivity contribution in [2.75, 3.05) is 20.1 Å². The quantitative estimate of drug-likeness (QED) is 0.641. The molecule has 1 fully saturated rings. The second-order valence-electron chi connectivity index (χ2n) is 4.15. The molecule has 1 N–H and O–H groups in total. The summed E-state index contributed by atoms with van der Waals surface area (Å²) in [6.07, 6.45) is 0.985. The highest BCUT2D eigenvalue weighted by molar-refractivity contribution is 5.75. The zero-order chi connectivity index (χ0) is 9.35. The lowest BCUT2D eigenvalue weighted by Crippen LogP contribution is -2.49. The van der Waals surface area contributed by atoms with Crippen LogP contribution in [0.5, 0.6) is 0 Å². The zero-order valence-corrected chi connectivity index (χ0v) is 8.00. The van der Waals surface area contributed by atoms with Crippen LogP contribution in [0.2, 0.25) is 0 Å². The molecule has 12 heavy (non-hydrogen) atoms. The maximum atomic E-state index is 11.0. The Morgan fingerprint density at radius 2 is 2.25 bits per heavy atom. The van der Waals surface area contributed by atoms with E-state index < -0.39 is 11.4 Å². The van der Waals surface area contributed by atoms with Crippen LogP contribution < -0.4 is 0 Å². The van der Waals surface area contributed by atoms with Gasteiger partial charge in [0.2, 0.25) is 0 Å². The average Bonchev–Trinajstić information content (AvgIpc) is 1.97. The summed E-state index contributed by atoms with van der Waals surface area (Å²) in [5, 5.41) is 9.06. The molecule has 0 saturated carbocycles. The Bertz CT molecular complexity index is 193. The van der Waals surface area contributed by atoms with Gasteiger partial charge in [0.25, 0.3) is 0 Å². The highest BCUT2D eigenvalue weighted by Gasteiger charge is 2.42. The summed E-state index contributed by atoms with van der Waals surface area (Å²) >= 11 is 0. The number of hydrogen-bond acceptors (Lipinski definition) is 2. The van der Waals surface area contributed by atoms with E-state index in [0.29, 0.717) is 6.54 Å². The SMILES string of the molecule is CC1CCN(C)CC1(C)C(=O)O. The number of hydrogen-bond donors (Lipinski definition) is 1. The summed E-state index contributed by atoms with van der Waals surface area (Å²) < 4.78 is 0. The van der Waals surface area contributed by atoms with Gasteiger partial charge in [-0.15, -0.1) is 0 Å². The molecule has 70 valence electrons. The van der Waals surface area contributed by atoms with Gasteiger partial charge >= 0.3 is 5.97 Å². The van der Waals surface area contributed by atoms with Crippen LogP contribution in [0.1, 0.15) is 20.3 Å². The van der Waals surface area contributed by atoms with Gasteiger partial charge in [-0.25, -0.2) is 0 Å². The Hall–Kier alpha value is -0.570. The zero-order valence-electron chi connectivity index (χ0n) is 8.00. The first kappa shape index (κ1) is 9.52. The lowest BCUT2D eigenvalue weighted by molar-refractivity contribution is -0.154. The Morgan fingerprint density at radius 3 is 2.67 bits per heavy atom. The average molecular weight is 171 g/mol. The molecule has 0 aliphatic carbocycles. The first-order chi connectivity index (χ1) is 5.47. The lowest BCUT2D eigenvalue weighted by atomic mass is 9.73. The van der Waals surface area contributed by atoms with E-state index in [9.17, 15) is 4.79 Å². The molecule has 0 aromatic carbocycles. The minimum Gasteiger partial charge on any atom is -0.481 e. The highest BCUT2D eigenvalue weighted by Crippen LogP contribution is 2.34. The molecule has 0 aromatic rings. The number of aliphatic carboxylic acids is 1. The van der Waals surface area contributed by atoms with Crippen molar-refractivity contribution in [3.05, 3.63) is 0 Å². The van der Waals surface area contributed by atoms with E-state index in [4.69, 9.17) is 5.11 Å². The first-order valence-electron chi connectivity index (χ1n) is 4.39. The molecule has 1 aliphatic rings. The lowest BCUT2D eigenvalue weighted by Gasteiger charge is -2.40. The van der Waals surface area contributed by atoms with Crippen molar-refractivity contribution < 1.29 is 9.90 Å². The maximum Gasteiger partial charge on any atom is 0.310 e. The summed E-state index contributed by atoms with van der Waals surface area (Å²) in [4.78, 5) is 13.1. The van der Waals surface area contributed by atoms with Crippen molar-refractivity contribution in [1.29, 1.82) is 0 Å². The summed E-state index contributed by atoms with van der Waals surface area (Å²) in [6.45, 7) is 5.56. The summed E-state index contributed by atoms with van der Waals surface area (Å²) in [6, 6.07) is 0. The number of carbonyl (C=O) groups is 1. The third kappa shape index (κ3) is 1.46. The van der Waals surface area contributed by atoms with Crippen molar-refractivity contribution in [3.63, 3.8) is 0 Å². The maximum absolute atomic E-state index is 11.0. The fraction of sp³-hybridized carbons (Fsp3) is 0.889. The van der Waals surface area contributed by atoms with Crippen molar-refractivity contribution in [1.82, 2.24) is 4.90 Å². The van der Waals surface area contributed by atoms with Crippen LogP contribution in [0.4, 0.5) is 0 Å². The van der Waals surface area contributed by atoms with Crippen LogP contribution in [0.25, 0.3) is 0 Å². The topological polar surface area (TPSA) is 40.5 Å². The van der Waals surface area contributed by atoms with Crippen LogP contribution in [0.15, 0.2) is 0 Å². The third-order valence-electron chi connectivity index (χ3n) is 3.12. The van der Waals surface area contributed by atoms with E-state index in [2.05, 4.69) is 4.90 Å². The van der Waals surface area contributed by atoms with Crippen LogP contribution in [0, 0.1) is 11.3 Å². The van der Waals surface area contributed by atoms with Crippen LogP contribution in [0.3, 0.4) is 0 Å². The van der Waals surface area contributed by atoms with Crippen molar-refractivity contribution in [2.24, 2.45) is 11.3 Å². The second-order valence-corrected chi connectivity index (χ2v) is 4.15. The minimum absolute atomic E-state index is 0.284. The van der Waals surface area contributed by atoms with Gasteiger partial charge in [0.1, 0.15) is 0 Å². The molecule has 1 heterocycles. The summed E-state index contributed by atoms with van der Waals surface area (Å²) in [7, 11) is 1.98. The number of piperidine rings is 1. The monoisotopic (exact) mass is 171 g/mol. The van der Waals surface area contributed by atoms with Gasteiger partial charge in [0.05, 0.1) is 5.41 Å². The minimum atomic E-state index is -0.665. The Kier molecular flexibility index (Phi) is 2.42. The molecule has 3 nitrogen and oxygen atoms in total. The number of nitrogens with zero attached hydrogens (tertiary/aromatic N) is 1. The van der Waals surface area contributed by atoms with E-state index in [0.717, 1.165) is 13.0 Å². The molecule has 0 amide bonds. The van der Waals surface area contributed by atoms with Crippen LogP contribution in [-0.2, 0) is 4.79 Å². The molecule has 3 heteroatoms. The molecule has 0 aromatic heterocycles. The first-order valence-corrected chi connectivity index (χ1v) is 4.39. The molecule has 0 spiro atoms. The summed E-state index contributed by atoms with van der Waals surface area (Å²) in [5.74, 6) is -0.382. The normalized spacial score (nSPS) is 38.1. The fourth-order valence-electron chi connectivity index (χ4n) is 1.81. The largest absolute Gasteiger partial charge is 0.481 e. The Labute approximate surface area is 73.4 Å². The Morgan fingerprint density at radius 1 is 1.67 bits per heavy atom. The van der Waals surface area contributed by atoms with E-state index >= 15 is 0 Å². The molecule has 1 rings (SSSR count). The van der Waals surface area contributed by atoms with Gasteiger partial charge < -0.3 is 10.0 Å². The number of carboxylic acid groups (broad SMARTS) is 1. The van der Waals surface area contributed by atoms with Crippen molar-refractivity contribution in [3.8, 4) is 0 Å². The van der Waals surface area contributed by atoms with Crippen LogP contribution >= 0.6 is 0 Å². The van der Waals surface area contributed by atoms with Gasteiger partial charge in [0.15, 0.2) is 0 Å². The molecular weight excluding hydrogens is 154 g/mol. The predicted octanol–water partition coefficient (Wildman–Crippen LogP) is 1.05. The van der Waals surface area contributed by atoms with Crippen molar-refractivity contribution >= 4 is 5.97 Å². The number of rotatable bonds is 1. The second kappa shape index (κ2) is 3.05. The van der Waals surface area contributed by atoms with E-state index in [1.165, 1.54) is 0 Å². The van der Waals surface area contributed by atoms with E-state index in [-0.39, 0.29) is 5.92 Å². The smallest absolute Gasteiger partial charge is 0.310 e. The van der Waals surface area contributed by atoms with Gasteiger partial charge in [-0.05, 0) is 32.9 Å². The van der Waals surface area contributed by atoms with Gasteiger partial charge in [-0.1, -0.05) is 6.92 Å². The molecule has 0 bridgehead atoms. The molecule has 2 atom stereocenters. The predicted molar refractivity (Wildman–Crippen MR) is 47.0 cm³/mol. The third-order valence-corrected chi connectivity index (χ3v) is 3.12. The number of likely N-dealkylation sites (tertiary alicyclic amines) is 1. The van der Waals surface area contributed by atoms with Crippen LogP contribution in [-0.4, -0.2) is 36.1 Å². The summed E-state index contributed by atoms with van der Waals surface area (Å²) in [5.41, 5.74) is -0.549. The molecular formula is C9H17NO2. The molecule has 1 saturated heterocycles. The Balaban J connectivity index is 2.77. The van der Waals surface area contributed by atoms with E-state index in [1.807, 2.05) is 20.9 Å². The van der Waals surface area contributed by atoms with Gasteiger partial charge in [0, 0.05) is 6.54 Å². The molecule has 0 radical (unpaired) electrons. The molecule has 1 aliphatic heterocycles. The van der Waals surface area contributed by atoms with Crippen molar-refractivity contribution in [2.45, 2.75) is 20.3 Å². The van der Waals surface area contributed by atoms with Gasteiger partial charge in [-0.2, -0.15) is 0 Å².